The third-order valence-corrected chi connectivity index (χ3v) is 3.61. The highest BCUT2D eigenvalue weighted by molar-refractivity contribution is 5.78. The highest BCUT2D eigenvalue weighted by Gasteiger charge is 2.14. The quantitative estimate of drug-likeness (QED) is 0.785. The number of fused-ring (bicyclic) bond motifs is 1. The summed E-state index contributed by atoms with van der Waals surface area (Å²) >= 11 is 0. The van der Waals surface area contributed by atoms with Gasteiger partial charge in [-0.25, -0.2) is 0 Å². The molecule has 1 aromatic heterocycles. The molecule has 2 aromatic carbocycles. The van der Waals surface area contributed by atoms with E-state index in [1.165, 1.54) is 5.56 Å². The van der Waals surface area contributed by atoms with Gasteiger partial charge in [-0.15, -0.1) is 0 Å². The van der Waals surface area contributed by atoms with Gasteiger partial charge >= 0.3 is 0 Å². The Balaban J connectivity index is 1.80. The van der Waals surface area contributed by atoms with E-state index < -0.39 is 6.10 Å². The molecular weight excluding hydrogens is 264 g/mol. The summed E-state index contributed by atoms with van der Waals surface area (Å²) in [5, 5.41) is 11.4. The molecule has 0 radical (unpaired) electrons. The van der Waals surface area contributed by atoms with Crippen LogP contribution in [0.1, 0.15) is 23.0 Å². The van der Waals surface area contributed by atoms with E-state index in [0.717, 1.165) is 22.3 Å². The predicted molar refractivity (Wildman–Crippen MR) is 82.6 cm³/mol. The van der Waals surface area contributed by atoms with Crippen molar-refractivity contribution >= 4 is 11.0 Å². The van der Waals surface area contributed by atoms with Crippen LogP contribution < -0.4 is 4.74 Å². The predicted octanol–water partition coefficient (Wildman–Crippen LogP) is 4.03. The first-order valence-corrected chi connectivity index (χ1v) is 6.97. The third-order valence-electron chi connectivity index (χ3n) is 3.61. The maximum Gasteiger partial charge on any atom is 0.134 e. The van der Waals surface area contributed by atoms with Gasteiger partial charge in [0.05, 0.1) is 7.11 Å². The topological polar surface area (TPSA) is 42.6 Å². The first-order chi connectivity index (χ1) is 10.2. The molecule has 1 N–H and O–H groups in total. The second-order valence-corrected chi connectivity index (χ2v) is 5.26. The van der Waals surface area contributed by atoms with Gasteiger partial charge in [-0.1, -0.05) is 23.8 Å². The van der Waals surface area contributed by atoms with Crippen LogP contribution >= 0.6 is 0 Å². The van der Waals surface area contributed by atoms with Crippen LogP contribution in [-0.2, 0) is 6.42 Å². The molecule has 0 amide bonds. The molecule has 3 aromatic rings. The summed E-state index contributed by atoms with van der Waals surface area (Å²) < 4.78 is 10.9. The second-order valence-electron chi connectivity index (χ2n) is 5.26. The Morgan fingerprint density at radius 3 is 2.57 bits per heavy atom. The molecule has 0 aliphatic carbocycles. The number of ether oxygens (including phenoxy) is 1. The van der Waals surface area contributed by atoms with E-state index >= 15 is 0 Å². The zero-order valence-corrected chi connectivity index (χ0v) is 12.2. The zero-order valence-electron chi connectivity index (χ0n) is 12.2. The maximum absolute atomic E-state index is 10.3. The molecular formula is C18H18O3. The molecule has 0 saturated heterocycles. The molecule has 0 bridgehead atoms. The molecule has 108 valence electrons. The fourth-order valence-electron chi connectivity index (χ4n) is 2.43. The second kappa shape index (κ2) is 5.62. The molecule has 0 saturated carbocycles. The monoisotopic (exact) mass is 282 g/mol. The average molecular weight is 282 g/mol. The van der Waals surface area contributed by atoms with Gasteiger partial charge in [0, 0.05) is 11.8 Å². The summed E-state index contributed by atoms with van der Waals surface area (Å²) in [4.78, 5) is 0. The number of rotatable bonds is 4. The van der Waals surface area contributed by atoms with Gasteiger partial charge in [0.15, 0.2) is 0 Å². The van der Waals surface area contributed by atoms with Crippen LogP contribution in [0.25, 0.3) is 11.0 Å². The normalized spacial score (nSPS) is 12.5. The van der Waals surface area contributed by atoms with Gasteiger partial charge in [-0.05, 0) is 42.8 Å². The molecule has 1 atom stereocenters. The minimum Gasteiger partial charge on any atom is -0.497 e. The van der Waals surface area contributed by atoms with Crippen molar-refractivity contribution in [2.75, 3.05) is 7.11 Å². The van der Waals surface area contributed by atoms with Crippen LogP contribution in [0.5, 0.6) is 5.75 Å². The number of hydrogen-bond donors (Lipinski definition) is 1. The molecule has 0 fully saturated rings. The van der Waals surface area contributed by atoms with Crippen LogP contribution in [0.15, 0.2) is 52.9 Å². The van der Waals surface area contributed by atoms with Crippen LogP contribution in [0, 0.1) is 6.92 Å². The maximum atomic E-state index is 10.3. The summed E-state index contributed by atoms with van der Waals surface area (Å²) in [6.07, 6.45) is -0.130. The minimum absolute atomic E-state index is 0.517. The van der Waals surface area contributed by atoms with E-state index in [1.54, 1.807) is 7.11 Å². The molecule has 0 spiro atoms. The largest absolute Gasteiger partial charge is 0.497 e. The van der Waals surface area contributed by atoms with E-state index in [4.69, 9.17) is 9.15 Å². The Kier molecular flexibility index (Phi) is 3.67. The number of hydrogen-bond acceptors (Lipinski definition) is 3. The fourth-order valence-corrected chi connectivity index (χ4v) is 2.43. The molecule has 3 nitrogen and oxygen atoms in total. The summed E-state index contributed by atoms with van der Waals surface area (Å²) in [5.41, 5.74) is 3.03. The first-order valence-electron chi connectivity index (χ1n) is 6.97. The third kappa shape index (κ3) is 2.93. The Labute approximate surface area is 123 Å². The van der Waals surface area contributed by atoms with E-state index in [0.29, 0.717) is 12.2 Å². The lowest BCUT2D eigenvalue weighted by Gasteiger charge is -2.08. The van der Waals surface area contributed by atoms with E-state index in [1.807, 2.05) is 49.4 Å². The van der Waals surface area contributed by atoms with Crippen molar-refractivity contribution in [3.05, 3.63) is 65.4 Å². The summed E-state index contributed by atoms with van der Waals surface area (Å²) in [7, 11) is 1.64. The van der Waals surface area contributed by atoms with Crippen LogP contribution in [0.3, 0.4) is 0 Å². The summed E-state index contributed by atoms with van der Waals surface area (Å²) in [6.45, 7) is 2.04. The molecule has 0 aliphatic rings. The van der Waals surface area contributed by atoms with Crippen LogP contribution in [0.4, 0.5) is 0 Å². The number of benzene rings is 2. The average Bonchev–Trinajstić information content (AvgIpc) is 2.91. The van der Waals surface area contributed by atoms with Crippen molar-refractivity contribution in [3.63, 3.8) is 0 Å². The SMILES string of the molecule is COc1ccc(CC(O)c2cc3cc(C)ccc3o2)cc1. The molecule has 3 rings (SSSR count). The number of aliphatic hydroxyl groups is 1. The van der Waals surface area contributed by atoms with E-state index in [-0.39, 0.29) is 0 Å². The van der Waals surface area contributed by atoms with E-state index in [2.05, 4.69) is 6.07 Å². The minimum atomic E-state index is -0.647. The van der Waals surface area contributed by atoms with Crippen molar-refractivity contribution in [2.24, 2.45) is 0 Å². The molecule has 1 unspecified atom stereocenters. The van der Waals surface area contributed by atoms with Gasteiger partial charge in [0.2, 0.25) is 0 Å². The highest BCUT2D eigenvalue weighted by atomic mass is 16.5. The van der Waals surface area contributed by atoms with Crippen molar-refractivity contribution in [1.82, 2.24) is 0 Å². The zero-order chi connectivity index (χ0) is 14.8. The lowest BCUT2D eigenvalue weighted by atomic mass is 10.1. The molecule has 21 heavy (non-hydrogen) atoms. The van der Waals surface area contributed by atoms with Gasteiger partial charge in [0.25, 0.3) is 0 Å². The van der Waals surface area contributed by atoms with Crippen LogP contribution in [-0.4, -0.2) is 12.2 Å². The lowest BCUT2D eigenvalue weighted by Crippen LogP contribution is -2.00. The standard InChI is InChI=1S/C18H18O3/c1-12-3-8-17-14(9-12)11-18(21-17)16(19)10-13-4-6-15(20-2)7-5-13/h3-9,11,16,19H,10H2,1-2H3. The van der Waals surface area contributed by atoms with E-state index in [9.17, 15) is 5.11 Å². The molecule has 3 heteroatoms. The van der Waals surface area contributed by atoms with Gasteiger partial charge in [-0.2, -0.15) is 0 Å². The summed E-state index contributed by atoms with van der Waals surface area (Å²) in [6, 6.07) is 15.6. The van der Waals surface area contributed by atoms with Crippen LogP contribution in [0.2, 0.25) is 0 Å². The van der Waals surface area contributed by atoms with Crippen molar-refractivity contribution < 1.29 is 14.3 Å². The number of aryl methyl sites for hydroxylation is 1. The number of aliphatic hydroxyl groups excluding tert-OH is 1. The number of furan rings is 1. The Morgan fingerprint density at radius 2 is 1.86 bits per heavy atom. The van der Waals surface area contributed by atoms with Gasteiger partial charge in [0.1, 0.15) is 23.2 Å². The number of methoxy groups -OCH3 is 1. The van der Waals surface area contributed by atoms with Gasteiger partial charge < -0.3 is 14.3 Å². The Bertz CT molecular complexity index is 741. The lowest BCUT2D eigenvalue weighted by molar-refractivity contribution is 0.152. The van der Waals surface area contributed by atoms with Crippen molar-refractivity contribution in [1.29, 1.82) is 0 Å². The first kappa shape index (κ1) is 13.7. The van der Waals surface area contributed by atoms with Crippen molar-refractivity contribution in [3.8, 4) is 5.75 Å². The fraction of sp³-hybridized carbons (Fsp3) is 0.222. The summed E-state index contributed by atoms with van der Waals surface area (Å²) in [5.74, 6) is 1.42. The molecule has 0 aliphatic heterocycles. The van der Waals surface area contributed by atoms with Crippen molar-refractivity contribution in [2.45, 2.75) is 19.4 Å². The Morgan fingerprint density at radius 1 is 1.10 bits per heavy atom. The smallest absolute Gasteiger partial charge is 0.134 e. The Hall–Kier alpha value is -2.26. The van der Waals surface area contributed by atoms with Gasteiger partial charge in [-0.3, -0.25) is 0 Å². The highest BCUT2D eigenvalue weighted by Crippen LogP contribution is 2.27. The molecule has 1 heterocycles.